The number of rotatable bonds is 17. The summed E-state index contributed by atoms with van der Waals surface area (Å²) in [4.78, 5) is 12.2. The molecular formula is C25H40CuN3O3S. The Morgan fingerprint density at radius 3 is 2.27 bits per heavy atom. The second-order valence-electron chi connectivity index (χ2n) is 7.93. The van der Waals surface area contributed by atoms with Crippen molar-refractivity contribution < 1.29 is 31.7 Å². The third-order valence-corrected chi connectivity index (χ3v) is 5.97. The predicted molar refractivity (Wildman–Crippen MR) is 135 cm³/mol. The van der Waals surface area contributed by atoms with E-state index in [9.17, 15) is 9.90 Å². The zero-order valence-corrected chi connectivity index (χ0v) is 21.9. The molecule has 0 unspecified atom stereocenters. The van der Waals surface area contributed by atoms with E-state index >= 15 is 0 Å². The van der Waals surface area contributed by atoms with Crippen LogP contribution < -0.4 is 10.8 Å². The maximum Gasteiger partial charge on any atom is 1.00 e. The average Bonchev–Trinajstić information content (AvgIpc) is 2.79. The van der Waals surface area contributed by atoms with Crippen LogP contribution in [0.25, 0.3) is 0 Å². The Labute approximate surface area is 214 Å². The molecule has 0 aliphatic heterocycles. The number of carbonyl (C=O) groups excluding carboxylic acids is 1. The van der Waals surface area contributed by atoms with Crippen LogP contribution in [0.3, 0.4) is 0 Å². The number of amidine groups is 1. The number of para-hydroxylation sites is 1. The minimum absolute atomic E-state index is 0. The number of nitrogens with two attached hydrogens (primary N) is 1. The van der Waals surface area contributed by atoms with Crippen molar-refractivity contribution in [1.29, 1.82) is 0 Å². The quantitative estimate of drug-likeness (QED) is 0.0669. The van der Waals surface area contributed by atoms with Crippen LogP contribution in [0, 0.1) is 0 Å². The van der Waals surface area contributed by atoms with Gasteiger partial charge in [0.2, 0.25) is 0 Å². The summed E-state index contributed by atoms with van der Waals surface area (Å²) in [6.07, 6.45) is 15.4. The fraction of sp³-hybridized carbons (Fsp3) is 0.640. The fourth-order valence-corrected chi connectivity index (χ4v) is 3.84. The summed E-state index contributed by atoms with van der Waals surface area (Å²) in [5.74, 6) is -0.0852. The molecule has 0 amide bonds. The number of unbranched alkanes of at least 4 members (excludes halogenated alkanes) is 10. The fourth-order valence-electron chi connectivity index (χ4n) is 3.18. The molecule has 0 saturated heterocycles. The van der Waals surface area contributed by atoms with E-state index in [0.717, 1.165) is 31.4 Å². The topological polar surface area (TPSA) is 100 Å². The van der Waals surface area contributed by atoms with Gasteiger partial charge >= 0.3 is 23.0 Å². The summed E-state index contributed by atoms with van der Waals surface area (Å²) in [6.45, 7) is 4.72. The Kier molecular flexibility index (Phi) is 20.1. The first-order valence-corrected chi connectivity index (χ1v) is 13.0. The van der Waals surface area contributed by atoms with Gasteiger partial charge in [-0.2, -0.15) is 5.10 Å². The van der Waals surface area contributed by atoms with E-state index in [0.29, 0.717) is 11.8 Å². The van der Waals surface area contributed by atoms with E-state index < -0.39 is 11.7 Å². The Morgan fingerprint density at radius 2 is 1.61 bits per heavy atom. The molecule has 0 aliphatic rings. The third-order valence-electron chi connectivity index (χ3n) is 5.10. The van der Waals surface area contributed by atoms with Crippen molar-refractivity contribution >= 4 is 29.1 Å². The molecule has 0 heterocycles. The number of carbonyl (C=O) groups is 1. The Balaban J connectivity index is 0.0000102. The standard InChI is InChI=1S/C25H41N3O3S.Cu/c1-3-5-7-9-11-13-18-31-24(30)22-17-15-16-21(23(22)29)20-27-28-25(26)32-19-14-12-10-8-6-4-2;/h15-17,20,29H,3-14,18-19H2,1-2H3,(H2,26,28);/q;+1/p-1/b27-20+;. The molecule has 190 valence electrons. The van der Waals surface area contributed by atoms with E-state index in [1.807, 2.05) is 0 Å². The normalized spacial score (nSPS) is 11.5. The van der Waals surface area contributed by atoms with Crippen LogP contribution in [0.15, 0.2) is 28.4 Å². The number of esters is 1. The molecule has 8 heteroatoms. The van der Waals surface area contributed by atoms with E-state index in [2.05, 4.69) is 24.1 Å². The average molecular weight is 526 g/mol. The van der Waals surface area contributed by atoms with Gasteiger partial charge in [0.25, 0.3) is 0 Å². The van der Waals surface area contributed by atoms with Crippen LogP contribution >= 0.6 is 11.8 Å². The van der Waals surface area contributed by atoms with Gasteiger partial charge in [-0.25, -0.2) is 4.79 Å². The number of ether oxygens (including phenoxy) is 1. The second-order valence-corrected chi connectivity index (χ2v) is 9.04. The Bertz CT molecular complexity index is 714. The minimum Gasteiger partial charge on any atom is -0.871 e. The summed E-state index contributed by atoms with van der Waals surface area (Å²) in [6, 6.07) is 4.73. The molecule has 33 heavy (non-hydrogen) atoms. The molecule has 6 nitrogen and oxygen atoms in total. The zero-order chi connectivity index (χ0) is 23.4. The molecule has 0 radical (unpaired) electrons. The first-order chi connectivity index (χ1) is 15.6. The smallest absolute Gasteiger partial charge is 0.871 e. The Morgan fingerprint density at radius 1 is 1.00 bits per heavy atom. The number of hydrogen-bond donors (Lipinski definition) is 1. The monoisotopic (exact) mass is 525 g/mol. The summed E-state index contributed by atoms with van der Waals surface area (Å²) in [7, 11) is 0. The molecule has 0 fully saturated rings. The SMILES string of the molecule is CCCCCCCCOC(=O)c1cccc(/C=N/N=C(N)SCCCCCCCC)c1[O-].[Cu+]. The maximum atomic E-state index is 12.5. The van der Waals surface area contributed by atoms with Crippen molar-refractivity contribution in [2.45, 2.75) is 90.9 Å². The summed E-state index contributed by atoms with van der Waals surface area (Å²) < 4.78 is 5.26. The minimum atomic E-state index is -0.587. The van der Waals surface area contributed by atoms with Crippen LogP contribution in [0.2, 0.25) is 0 Å². The third kappa shape index (κ3) is 15.1. The molecule has 0 bridgehead atoms. The predicted octanol–water partition coefficient (Wildman–Crippen LogP) is 6.02. The molecule has 1 aromatic carbocycles. The van der Waals surface area contributed by atoms with E-state index in [1.165, 1.54) is 75.4 Å². The second kappa shape index (κ2) is 21.1. The van der Waals surface area contributed by atoms with E-state index in [4.69, 9.17) is 10.5 Å². The first kappa shape index (κ1) is 31.5. The van der Waals surface area contributed by atoms with Gasteiger partial charge in [0.05, 0.1) is 18.4 Å². The number of hydrogen-bond acceptors (Lipinski definition) is 6. The van der Waals surface area contributed by atoms with Crippen LogP contribution in [0.1, 0.15) is 107 Å². The van der Waals surface area contributed by atoms with Gasteiger partial charge in [-0.15, -0.1) is 5.10 Å². The van der Waals surface area contributed by atoms with E-state index in [-0.39, 0.29) is 28.2 Å². The number of nitrogens with zero attached hydrogens (tertiary/aromatic N) is 2. The molecule has 0 saturated carbocycles. The van der Waals surface area contributed by atoms with Crippen molar-refractivity contribution in [2.75, 3.05) is 12.4 Å². The van der Waals surface area contributed by atoms with Gasteiger partial charge in [-0.05, 0) is 24.5 Å². The number of benzene rings is 1. The summed E-state index contributed by atoms with van der Waals surface area (Å²) >= 11 is 1.47. The summed E-state index contributed by atoms with van der Waals surface area (Å²) in [5.41, 5.74) is 6.18. The van der Waals surface area contributed by atoms with Crippen molar-refractivity contribution in [1.82, 2.24) is 0 Å². The molecule has 2 N–H and O–H groups in total. The first-order valence-electron chi connectivity index (χ1n) is 12.1. The molecular weight excluding hydrogens is 486 g/mol. The molecule has 0 atom stereocenters. The summed E-state index contributed by atoms with van der Waals surface area (Å²) in [5, 5.41) is 20.8. The van der Waals surface area contributed by atoms with Crippen molar-refractivity contribution in [3.8, 4) is 5.75 Å². The number of thioether (sulfide) groups is 1. The van der Waals surface area contributed by atoms with Crippen LogP contribution in [-0.4, -0.2) is 29.7 Å². The van der Waals surface area contributed by atoms with Crippen molar-refractivity contribution in [3.05, 3.63) is 29.3 Å². The van der Waals surface area contributed by atoms with Gasteiger partial charge < -0.3 is 15.6 Å². The van der Waals surface area contributed by atoms with Crippen molar-refractivity contribution in [2.24, 2.45) is 15.9 Å². The van der Waals surface area contributed by atoms with Gasteiger partial charge in [0.1, 0.15) is 0 Å². The van der Waals surface area contributed by atoms with Crippen LogP contribution in [-0.2, 0) is 21.8 Å². The van der Waals surface area contributed by atoms with Gasteiger partial charge in [0.15, 0.2) is 5.17 Å². The van der Waals surface area contributed by atoms with E-state index in [1.54, 1.807) is 12.1 Å². The Hall–Kier alpha value is -1.50. The van der Waals surface area contributed by atoms with Crippen molar-refractivity contribution in [3.63, 3.8) is 0 Å². The molecule has 0 aromatic heterocycles. The van der Waals surface area contributed by atoms with Gasteiger partial charge in [-0.1, -0.05) is 108 Å². The maximum absolute atomic E-state index is 12.5. The molecule has 0 aliphatic carbocycles. The molecule has 1 aromatic rings. The van der Waals surface area contributed by atoms with Gasteiger partial charge in [-0.3, -0.25) is 0 Å². The molecule has 1 rings (SSSR count). The zero-order valence-electron chi connectivity index (χ0n) is 20.1. The molecule has 0 spiro atoms. The van der Waals surface area contributed by atoms with Crippen LogP contribution in [0.5, 0.6) is 5.75 Å². The van der Waals surface area contributed by atoms with Gasteiger partial charge in [0, 0.05) is 5.75 Å². The van der Waals surface area contributed by atoms with Crippen LogP contribution in [0.4, 0.5) is 0 Å². The largest absolute Gasteiger partial charge is 1.00 e.